The number of benzene rings is 1. The molecule has 3 N–H and O–H groups in total. The van der Waals surface area contributed by atoms with Crippen LogP contribution in [0.5, 0.6) is 0 Å². The lowest BCUT2D eigenvalue weighted by molar-refractivity contribution is -0.122. The van der Waals surface area contributed by atoms with Crippen molar-refractivity contribution < 1.29 is 18.7 Å². The molecule has 28 heavy (non-hydrogen) atoms. The molecule has 9 heteroatoms. The number of carbonyl (C=O) groups is 2. The molecule has 0 unspecified atom stereocenters. The predicted molar refractivity (Wildman–Crippen MR) is 105 cm³/mol. The number of nitroso groups, excluding NO2 is 1. The van der Waals surface area contributed by atoms with Crippen LogP contribution in [-0.4, -0.2) is 30.2 Å². The second-order valence-electron chi connectivity index (χ2n) is 7.61. The number of hydrogen-bond donors (Lipinski definition) is 3. The third kappa shape index (κ3) is 8.32. The van der Waals surface area contributed by atoms with Crippen molar-refractivity contribution in [2.75, 3.05) is 11.9 Å². The van der Waals surface area contributed by atoms with Crippen molar-refractivity contribution in [3.8, 4) is 0 Å². The van der Waals surface area contributed by atoms with E-state index in [-0.39, 0.29) is 5.82 Å². The van der Waals surface area contributed by atoms with Gasteiger partial charge in [0.05, 0.1) is 5.29 Å². The summed E-state index contributed by atoms with van der Waals surface area (Å²) in [6.07, 6.45) is 1.11. The Bertz CT molecular complexity index is 681. The Kier molecular flexibility index (Phi) is 8.81. The van der Waals surface area contributed by atoms with Gasteiger partial charge in [0, 0.05) is 12.2 Å². The summed E-state index contributed by atoms with van der Waals surface area (Å²) in [6, 6.07) is 2.48. The number of halogens is 1. The molecule has 0 aliphatic rings. The van der Waals surface area contributed by atoms with Gasteiger partial charge in [-0.3, -0.25) is 4.79 Å². The van der Waals surface area contributed by atoms with Crippen LogP contribution in [-0.2, 0) is 9.53 Å². The minimum Gasteiger partial charge on any atom is -0.444 e. The van der Waals surface area contributed by atoms with Gasteiger partial charge in [0.1, 0.15) is 17.5 Å². The number of anilines is 1. The summed E-state index contributed by atoms with van der Waals surface area (Å²) >= 11 is 0. The quantitative estimate of drug-likeness (QED) is 0.335. The van der Waals surface area contributed by atoms with Crippen LogP contribution >= 0.6 is 0 Å². The molecule has 2 amide bonds. The van der Waals surface area contributed by atoms with Crippen LogP contribution in [0.3, 0.4) is 0 Å². The second-order valence-corrected chi connectivity index (χ2v) is 7.61. The highest BCUT2D eigenvalue weighted by atomic mass is 19.1. The van der Waals surface area contributed by atoms with Gasteiger partial charge in [-0.2, -0.15) is 0 Å². The molecule has 1 atom stereocenters. The molecular weight excluding hydrogens is 367 g/mol. The summed E-state index contributed by atoms with van der Waals surface area (Å²) in [5.74, 6) is -0.871. The third-order valence-electron chi connectivity index (χ3n) is 3.84. The van der Waals surface area contributed by atoms with Crippen molar-refractivity contribution in [1.82, 2.24) is 10.7 Å². The van der Waals surface area contributed by atoms with Crippen LogP contribution in [0.4, 0.5) is 14.9 Å². The maximum Gasteiger partial charge on any atom is 0.407 e. The fourth-order valence-corrected chi connectivity index (χ4v) is 2.60. The highest BCUT2D eigenvalue weighted by Gasteiger charge is 2.19. The second kappa shape index (κ2) is 10.6. The van der Waals surface area contributed by atoms with Gasteiger partial charge in [-0.15, -0.1) is 4.91 Å². The van der Waals surface area contributed by atoms with Crippen LogP contribution < -0.4 is 16.1 Å². The maximum atomic E-state index is 13.8. The van der Waals surface area contributed by atoms with Crippen molar-refractivity contribution in [2.45, 2.75) is 65.5 Å². The lowest BCUT2D eigenvalue weighted by Crippen LogP contribution is -2.37. The molecular formula is C19H29FN4O4. The van der Waals surface area contributed by atoms with Crippen LogP contribution in [0.25, 0.3) is 0 Å². The normalized spacial score (nSPS) is 12.1. The van der Waals surface area contributed by atoms with Gasteiger partial charge >= 0.3 is 6.09 Å². The zero-order chi connectivity index (χ0) is 21.3. The van der Waals surface area contributed by atoms with E-state index in [2.05, 4.69) is 15.9 Å². The first-order valence-corrected chi connectivity index (χ1v) is 9.16. The Hall–Kier alpha value is -2.71. The van der Waals surface area contributed by atoms with Gasteiger partial charge in [-0.05, 0) is 77.1 Å². The summed E-state index contributed by atoms with van der Waals surface area (Å²) < 4.78 is 18.9. The molecule has 1 aromatic carbocycles. The van der Waals surface area contributed by atoms with Gasteiger partial charge in [0.25, 0.3) is 5.91 Å². The molecule has 0 saturated carbocycles. The zero-order valence-corrected chi connectivity index (χ0v) is 17.0. The lowest BCUT2D eigenvalue weighted by Gasteiger charge is -2.20. The van der Waals surface area contributed by atoms with Crippen LogP contribution in [0, 0.1) is 24.6 Å². The summed E-state index contributed by atoms with van der Waals surface area (Å²) in [5.41, 5.74) is 2.82. The van der Waals surface area contributed by atoms with Crippen molar-refractivity contribution in [3.63, 3.8) is 0 Å². The first-order chi connectivity index (χ1) is 13.0. The summed E-state index contributed by atoms with van der Waals surface area (Å²) in [7, 11) is 0. The third-order valence-corrected chi connectivity index (χ3v) is 3.84. The Balaban J connectivity index is 2.58. The van der Waals surface area contributed by atoms with Crippen molar-refractivity contribution in [1.29, 1.82) is 0 Å². The number of nitrogens with zero attached hydrogens (tertiary/aromatic N) is 1. The van der Waals surface area contributed by atoms with E-state index in [0.29, 0.717) is 42.6 Å². The number of amides is 2. The number of nitrogens with one attached hydrogen (secondary N) is 3. The maximum absolute atomic E-state index is 13.8. The van der Waals surface area contributed by atoms with Crippen molar-refractivity contribution in [2.24, 2.45) is 5.29 Å². The molecule has 0 saturated heterocycles. The van der Waals surface area contributed by atoms with Crippen LogP contribution in [0.2, 0.25) is 0 Å². The van der Waals surface area contributed by atoms with Gasteiger partial charge in [-0.1, -0.05) is 0 Å². The Labute approximate surface area is 164 Å². The monoisotopic (exact) mass is 396 g/mol. The molecule has 156 valence electrons. The summed E-state index contributed by atoms with van der Waals surface area (Å²) in [5, 5.41) is 8.09. The fourth-order valence-electron chi connectivity index (χ4n) is 2.60. The molecule has 8 nitrogen and oxygen atoms in total. The molecule has 0 spiro atoms. The molecule has 0 aliphatic heterocycles. The SMILES string of the molecule is Cc1cc(N[C@H](CCCCNC(=O)OC(C)(C)C)C(=O)NN=O)cc(C)c1F. The highest BCUT2D eigenvalue weighted by molar-refractivity contribution is 5.84. The molecule has 0 heterocycles. The topological polar surface area (TPSA) is 109 Å². The highest BCUT2D eigenvalue weighted by Crippen LogP contribution is 2.20. The Morgan fingerprint density at radius 3 is 2.32 bits per heavy atom. The van der Waals surface area contributed by atoms with E-state index < -0.39 is 23.6 Å². The van der Waals surface area contributed by atoms with Crippen molar-refractivity contribution >= 4 is 17.7 Å². The molecule has 0 bridgehead atoms. The fraction of sp³-hybridized carbons (Fsp3) is 0.579. The van der Waals surface area contributed by atoms with E-state index >= 15 is 0 Å². The predicted octanol–water partition coefficient (Wildman–Crippen LogP) is 3.72. The molecule has 0 radical (unpaired) electrons. The van der Waals surface area contributed by atoms with E-state index in [4.69, 9.17) is 4.74 Å². The van der Waals surface area contributed by atoms with Crippen LogP contribution in [0.15, 0.2) is 17.4 Å². The zero-order valence-electron chi connectivity index (χ0n) is 17.0. The Morgan fingerprint density at radius 1 is 1.18 bits per heavy atom. The number of ether oxygens (including phenoxy) is 1. The van der Waals surface area contributed by atoms with E-state index in [0.717, 1.165) is 0 Å². The van der Waals surface area contributed by atoms with E-state index in [9.17, 15) is 18.9 Å². The Morgan fingerprint density at radius 2 is 1.79 bits per heavy atom. The summed E-state index contributed by atoms with van der Waals surface area (Å²) in [6.45, 7) is 9.00. The lowest BCUT2D eigenvalue weighted by atomic mass is 10.1. The minimum absolute atomic E-state index is 0.297. The van der Waals surface area contributed by atoms with Gasteiger partial charge < -0.3 is 15.4 Å². The number of rotatable bonds is 9. The average Bonchev–Trinajstić information content (AvgIpc) is 2.56. The van der Waals surface area contributed by atoms with Gasteiger partial charge in [0.15, 0.2) is 0 Å². The summed E-state index contributed by atoms with van der Waals surface area (Å²) in [4.78, 5) is 34.0. The van der Waals surface area contributed by atoms with Gasteiger partial charge in [0.2, 0.25) is 0 Å². The van der Waals surface area contributed by atoms with E-state index in [1.807, 2.05) is 5.43 Å². The number of unbranched alkanes of at least 4 members (excludes halogenated alkanes) is 1. The van der Waals surface area contributed by atoms with E-state index in [1.54, 1.807) is 46.8 Å². The molecule has 0 aromatic heterocycles. The van der Waals surface area contributed by atoms with Crippen LogP contribution in [0.1, 0.15) is 51.2 Å². The minimum atomic E-state index is -0.719. The molecule has 0 aliphatic carbocycles. The molecule has 1 rings (SSSR count). The number of alkyl carbamates (subject to hydrolysis) is 1. The molecule has 0 fully saturated rings. The number of aryl methyl sites for hydroxylation is 2. The first kappa shape index (κ1) is 23.3. The van der Waals surface area contributed by atoms with Crippen molar-refractivity contribution in [3.05, 3.63) is 34.0 Å². The first-order valence-electron chi connectivity index (χ1n) is 9.16. The standard InChI is InChI=1S/C19H29FN4O4/c1-12-10-14(11-13(2)16(12)20)22-15(17(25)23-24-27)8-6-7-9-21-18(26)28-19(3,4)5/h10-11,15,22H,6-9H2,1-5H3,(H,21,26)(H,23,25,27)/t15-/m1/s1. The molecule has 1 aromatic rings. The largest absolute Gasteiger partial charge is 0.444 e. The number of hydrogen-bond acceptors (Lipinski definition) is 6. The van der Waals surface area contributed by atoms with E-state index in [1.165, 1.54) is 0 Å². The van der Waals surface area contributed by atoms with Gasteiger partial charge in [-0.25, -0.2) is 14.6 Å². The smallest absolute Gasteiger partial charge is 0.407 e. The number of carbonyl (C=O) groups excluding carboxylic acids is 2. The average molecular weight is 396 g/mol.